The van der Waals surface area contributed by atoms with E-state index in [0.29, 0.717) is 5.82 Å². The Morgan fingerprint density at radius 3 is 1.80 bits per heavy atom. The first-order valence-corrected chi connectivity index (χ1v) is 17.6. The van der Waals surface area contributed by atoms with Gasteiger partial charge in [-0.3, -0.25) is 0 Å². The molecule has 0 atom stereocenters. The van der Waals surface area contributed by atoms with Crippen LogP contribution in [0.25, 0.3) is 98.3 Å². The van der Waals surface area contributed by atoms with Crippen molar-refractivity contribution in [3.05, 3.63) is 170 Å². The highest BCUT2D eigenvalue weighted by Gasteiger charge is 2.22. The fourth-order valence-electron chi connectivity index (χ4n) is 7.10. The second-order valence-electron chi connectivity index (χ2n) is 12.5. The summed E-state index contributed by atoms with van der Waals surface area (Å²) in [4.78, 5) is 10.7. The Morgan fingerprint density at radius 2 is 1.06 bits per heavy atom. The zero-order valence-corrected chi connectivity index (χ0v) is 27.7. The molecule has 0 radical (unpaired) electrons. The normalized spacial score (nSPS) is 11.6. The molecule has 7 aromatic carbocycles. The molecule has 3 heterocycles. The molecule has 3 nitrogen and oxygen atoms in total. The van der Waals surface area contributed by atoms with E-state index in [0.717, 1.165) is 76.6 Å². The molecular formula is C46H28N2OS. The predicted octanol–water partition coefficient (Wildman–Crippen LogP) is 13.1. The van der Waals surface area contributed by atoms with Gasteiger partial charge in [-0.2, -0.15) is 0 Å². The molecule has 0 amide bonds. The van der Waals surface area contributed by atoms with Gasteiger partial charge in [0.05, 0.1) is 15.9 Å². The Morgan fingerprint density at radius 1 is 0.440 bits per heavy atom. The van der Waals surface area contributed by atoms with E-state index in [9.17, 15) is 0 Å². The molecule has 0 aliphatic rings. The lowest BCUT2D eigenvalue weighted by molar-refractivity contribution is 0.670. The van der Waals surface area contributed by atoms with Gasteiger partial charge < -0.3 is 4.42 Å². The molecule has 4 heteroatoms. The molecule has 50 heavy (non-hydrogen) atoms. The van der Waals surface area contributed by atoms with E-state index in [-0.39, 0.29) is 0 Å². The maximum atomic E-state index is 6.75. The topological polar surface area (TPSA) is 38.9 Å². The number of benzene rings is 7. The van der Waals surface area contributed by atoms with Crippen LogP contribution in [-0.4, -0.2) is 9.97 Å². The number of hydrogen-bond donors (Lipinski definition) is 0. The highest BCUT2D eigenvalue weighted by Crippen LogP contribution is 2.44. The van der Waals surface area contributed by atoms with Crippen LogP contribution in [0.5, 0.6) is 0 Å². The third kappa shape index (κ3) is 4.73. The van der Waals surface area contributed by atoms with E-state index in [2.05, 4.69) is 152 Å². The Hall–Kier alpha value is -6.36. The molecular weight excluding hydrogens is 629 g/mol. The zero-order chi connectivity index (χ0) is 33.0. The van der Waals surface area contributed by atoms with Crippen LogP contribution >= 0.6 is 11.3 Å². The van der Waals surface area contributed by atoms with Crippen LogP contribution in [0.3, 0.4) is 0 Å². The van der Waals surface area contributed by atoms with Crippen molar-refractivity contribution >= 4 is 53.6 Å². The lowest BCUT2D eigenvalue weighted by Crippen LogP contribution is -1.94. The third-order valence-corrected chi connectivity index (χ3v) is 10.7. The Bertz CT molecular complexity index is 2840. The monoisotopic (exact) mass is 656 g/mol. The Balaban J connectivity index is 1.24. The van der Waals surface area contributed by atoms with Gasteiger partial charge in [-0.05, 0) is 52.1 Å². The lowest BCUT2D eigenvalue weighted by atomic mass is 9.95. The smallest absolute Gasteiger partial charge is 0.161 e. The molecule has 234 valence electrons. The van der Waals surface area contributed by atoms with E-state index in [1.54, 1.807) is 11.3 Å². The Labute approximate surface area is 292 Å². The maximum Gasteiger partial charge on any atom is 0.161 e. The second-order valence-corrected chi connectivity index (χ2v) is 13.6. The minimum Gasteiger partial charge on any atom is -0.455 e. The number of thiophene rings is 1. The molecule has 3 aromatic heterocycles. The van der Waals surface area contributed by atoms with E-state index in [4.69, 9.17) is 14.4 Å². The van der Waals surface area contributed by atoms with Crippen molar-refractivity contribution in [1.82, 2.24) is 9.97 Å². The number of aromatic nitrogens is 2. The number of rotatable bonds is 5. The molecule has 0 fully saturated rings. The third-order valence-electron chi connectivity index (χ3n) is 9.51. The van der Waals surface area contributed by atoms with Gasteiger partial charge in [-0.15, -0.1) is 11.3 Å². The summed E-state index contributed by atoms with van der Waals surface area (Å²) >= 11 is 1.75. The van der Waals surface area contributed by atoms with Gasteiger partial charge >= 0.3 is 0 Å². The quantitative estimate of drug-likeness (QED) is 0.185. The summed E-state index contributed by atoms with van der Waals surface area (Å²) < 4.78 is 9.04. The number of hydrogen-bond acceptors (Lipinski definition) is 4. The summed E-state index contributed by atoms with van der Waals surface area (Å²) in [5, 5.41) is 3.20. The highest BCUT2D eigenvalue weighted by molar-refractivity contribution is 7.26. The highest BCUT2D eigenvalue weighted by atomic mass is 32.1. The van der Waals surface area contributed by atoms with Crippen LogP contribution in [-0.2, 0) is 0 Å². The van der Waals surface area contributed by atoms with Crippen molar-refractivity contribution < 1.29 is 4.42 Å². The summed E-state index contributed by atoms with van der Waals surface area (Å²) in [5.74, 6) is 0.683. The van der Waals surface area contributed by atoms with E-state index in [1.165, 1.54) is 15.8 Å². The van der Waals surface area contributed by atoms with Crippen LogP contribution in [0, 0.1) is 0 Å². The molecule has 0 N–H and O–H groups in total. The first-order valence-electron chi connectivity index (χ1n) is 16.7. The summed E-state index contributed by atoms with van der Waals surface area (Å²) in [5.41, 5.74) is 12.4. The maximum absolute atomic E-state index is 6.75. The Kier molecular flexibility index (Phi) is 6.68. The molecule has 0 unspecified atom stereocenters. The molecule has 0 bridgehead atoms. The summed E-state index contributed by atoms with van der Waals surface area (Å²) in [6.45, 7) is 0. The standard InChI is InChI=1S/C46H28N2OS/c1-4-13-29(14-5-1)31-23-25-33(26-24-31)42-45-43(35-19-10-11-22-40(35)50-45)48-46(47-42)36-20-12-21-39-41(36)38-28-34(30-15-6-2-7-16-30)27-37(44(38)49-39)32-17-8-3-9-18-32/h1-28H. The number of furan rings is 1. The van der Waals surface area contributed by atoms with Gasteiger partial charge in [0.25, 0.3) is 0 Å². The van der Waals surface area contributed by atoms with Gasteiger partial charge in [0.15, 0.2) is 5.82 Å². The van der Waals surface area contributed by atoms with Crippen molar-refractivity contribution in [3.8, 4) is 56.0 Å². The lowest BCUT2D eigenvalue weighted by Gasteiger charge is -2.10. The predicted molar refractivity (Wildman–Crippen MR) is 209 cm³/mol. The van der Waals surface area contributed by atoms with Gasteiger partial charge in [0, 0.05) is 37.5 Å². The van der Waals surface area contributed by atoms with Crippen molar-refractivity contribution in [2.24, 2.45) is 0 Å². The molecule has 0 saturated carbocycles. The molecule has 0 aliphatic carbocycles. The largest absolute Gasteiger partial charge is 0.455 e. The van der Waals surface area contributed by atoms with E-state index in [1.807, 2.05) is 18.2 Å². The molecule has 0 saturated heterocycles. The van der Waals surface area contributed by atoms with Crippen LogP contribution in [0.2, 0.25) is 0 Å². The second kappa shape index (κ2) is 11.7. The summed E-state index contributed by atoms with van der Waals surface area (Å²) in [6.07, 6.45) is 0. The van der Waals surface area contributed by atoms with Crippen LogP contribution in [0.1, 0.15) is 0 Å². The van der Waals surface area contributed by atoms with Crippen LogP contribution in [0.4, 0.5) is 0 Å². The SMILES string of the molecule is c1ccc(-c2ccc(-c3nc(-c4cccc5oc6c(-c7ccccc7)cc(-c7ccccc7)cc6c45)nc4c3sc3ccccc34)cc2)cc1. The van der Waals surface area contributed by atoms with Crippen molar-refractivity contribution in [2.45, 2.75) is 0 Å². The minimum absolute atomic E-state index is 0.683. The summed E-state index contributed by atoms with van der Waals surface area (Å²) in [6, 6.07) is 59.5. The summed E-state index contributed by atoms with van der Waals surface area (Å²) in [7, 11) is 0. The van der Waals surface area contributed by atoms with Gasteiger partial charge in [-0.1, -0.05) is 146 Å². The molecule has 10 rings (SSSR count). The van der Waals surface area contributed by atoms with Crippen molar-refractivity contribution in [3.63, 3.8) is 0 Å². The number of fused-ring (bicyclic) bond motifs is 6. The van der Waals surface area contributed by atoms with E-state index < -0.39 is 0 Å². The molecule has 0 spiro atoms. The van der Waals surface area contributed by atoms with Gasteiger partial charge in [-0.25, -0.2) is 9.97 Å². The van der Waals surface area contributed by atoms with Crippen LogP contribution < -0.4 is 0 Å². The number of nitrogens with zero attached hydrogens (tertiary/aromatic N) is 2. The first kappa shape index (κ1) is 28.6. The van der Waals surface area contributed by atoms with Crippen LogP contribution in [0.15, 0.2) is 174 Å². The van der Waals surface area contributed by atoms with Crippen molar-refractivity contribution in [1.29, 1.82) is 0 Å². The van der Waals surface area contributed by atoms with Crippen molar-refractivity contribution in [2.75, 3.05) is 0 Å². The molecule has 10 aromatic rings. The van der Waals surface area contributed by atoms with Gasteiger partial charge in [0.1, 0.15) is 11.2 Å². The fourth-order valence-corrected chi connectivity index (χ4v) is 8.26. The first-order chi connectivity index (χ1) is 24.8. The van der Waals surface area contributed by atoms with Gasteiger partial charge in [0.2, 0.25) is 0 Å². The van der Waals surface area contributed by atoms with E-state index >= 15 is 0 Å². The minimum atomic E-state index is 0.683. The average Bonchev–Trinajstić information content (AvgIpc) is 3.77. The average molecular weight is 657 g/mol. The fraction of sp³-hybridized carbons (Fsp3) is 0. The molecule has 0 aliphatic heterocycles. The zero-order valence-electron chi connectivity index (χ0n) is 26.9.